The summed E-state index contributed by atoms with van der Waals surface area (Å²) in [6, 6.07) is 3.63. The van der Waals surface area contributed by atoms with E-state index in [1.54, 1.807) is 0 Å². The molecule has 0 radical (unpaired) electrons. The van der Waals surface area contributed by atoms with Gasteiger partial charge in [0.05, 0.1) is 5.56 Å². The van der Waals surface area contributed by atoms with E-state index in [-0.39, 0.29) is 17.0 Å². The smallest absolute Gasteiger partial charge is 0.343 e. The fourth-order valence-electron chi connectivity index (χ4n) is 1.85. The number of aromatic carboxylic acids is 1. The van der Waals surface area contributed by atoms with Gasteiger partial charge in [-0.1, -0.05) is 24.8 Å². The average Bonchev–Trinajstić information content (AvgIpc) is 2.79. The molecule has 6 nitrogen and oxygen atoms in total. The van der Waals surface area contributed by atoms with E-state index in [1.807, 2.05) is 6.92 Å². The molecule has 2 rings (SSSR count). The van der Waals surface area contributed by atoms with Crippen molar-refractivity contribution < 1.29 is 14.3 Å². The third-order valence-corrected chi connectivity index (χ3v) is 3.85. The van der Waals surface area contributed by atoms with Crippen LogP contribution in [0.3, 0.4) is 0 Å². The van der Waals surface area contributed by atoms with E-state index >= 15 is 0 Å². The zero-order valence-corrected chi connectivity index (χ0v) is 12.1. The van der Waals surface area contributed by atoms with Crippen molar-refractivity contribution in [3.63, 3.8) is 0 Å². The van der Waals surface area contributed by atoms with E-state index in [0.717, 1.165) is 12.5 Å². The second kappa shape index (κ2) is 6.57. The fourth-order valence-corrected chi connectivity index (χ4v) is 2.83. The Labute approximate surface area is 124 Å². The van der Waals surface area contributed by atoms with Crippen LogP contribution in [0.5, 0.6) is 0 Å². The largest absolute Gasteiger partial charge is 0.478 e. The summed E-state index contributed by atoms with van der Waals surface area (Å²) < 4.78 is 14.6. The number of carboxylic acid groups (broad SMARTS) is 1. The van der Waals surface area contributed by atoms with Crippen LogP contribution < -0.4 is 5.69 Å². The summed E-state index contributed by atoms with van der Waals surface area (Å²) in [6.45, 7) is 2.48. The Hall–Kier alpha value is -2.09. The number of carboxylic acids is 1. The standard InChI is InChI=1S/C13H14FN3O3S/c1-2-5-17-12(20)15-16-13(17)21-7-8-3-4-9(14)6-10(8)11(18)19/h3-4,6H,2,5,7H2,1H3,(H,15,20)(H,18,19). The first-order valence-corrected chi connectivity index (χ1v) is 7.31. The number of thioether (sulfide) groups is 1. The van der Waals surface area contributed by atoms with E-state index in [1.165, 1.54) is 28.5 Å². The van der Waals surface area contributed by atoms with Crippen molar-refractivity contribution in [2.75, 3.05) is 0 Å². The van der Waals surface area contributed by atoms with Crippen molar-refractivity contribution in [1.82, 2.24) is 14.8 Å². The van der Waals surface area contributed by atoms with Gasteiger partial charge in [-0.3, -0.25) is 4.57 Å². The molecule has 0 saturated carbocycles. The van der Waals surface area contributed by atoms with Crippen LogP contribution in [-0.2, 0) is 12.3 Å². The highest BCUT2D eigenvalue weighted by atomic mass is 32.2. The number of nitrogens with one attached hydrogen (secondary N) is 1. The number of aromatic nitrogens is 3. The first kappa shape index (κ1) is 15.3. The number of hydrogen-bond donors (Lipinski definition) is 2. The molecule has 1 aromatic heterocycles. The van der Waals surface area contributed by atoms with E-state index < -0.39 is 11.8 Å². The van der Waals surface area contributed by atoms with E-state index in [2.05, 4.69) is 10.2 Å². The maximum absolute atomic E-state index is 13.1. The van der Waals surface area contributed by atoms with Gasteiger partial charge in [-0.05, 0) is 24.1 Å². The maximum Gasteiger partial charge on any atom is 0.343 e. The Kier molecular flexibility index (Phi) is 4.79. The van der Waals surface area contributed by atoms with Gasteiger partial charge in [-0.15, -0.1) is 5.10 Å². The molecule has 0 aliphatic rings. The third-order valence-electron chi connectivity index (χ3n) is 2.83. The molecule has 0 atom stereocenters. The predicted molar refractivity (Wildman–Crippen MR) is 76.1 cm³/mol. The van der Waals surface area contributed by atoms with Crippen molar-refractivity contribution in [2.45, 2.75) is 30.8 Å². The van der Waals surface area contributed by atoms with Crippen LogP contribution in [0.4, 0.5) is 4.39 Å². The van der Waals surface area contributed by atoms with Gasteiger partial charge in [-0.2, -0.15) is 0 Å². The minimum atomic E-state index is -1.18. The summed E-state index contributed by atoms with van der Waals surface area (Å²) in [5.74, 6) is -1.49. The van der Waals surface area contributed by atoms with Gasteiger partial charge in [0.1, 0.15) is 5.82 Å². The molecular weight excluding hydrogens is 297 g/mol. The molecule has 0 amide bonds. The average molecular weight is 311 g/mol. The summed E-state index contributed by atoms with van der Waals surface area (Å²) in [6.07, 6.45) is 0.782. The minimum absolute atomic E-state index is 0.0811. The second-order valence-corrected chi connectivity index (χ2v) is 5.30. The number of aromatic amines is 1. The summed E-state index contributed by atoms with van der Waals surface area (Å²) >= 11 is 1.23. The van der Waals surface area contributed by atoms with Crippen LogP contribution in [0.15, 0.2) is 28.2 Å². The lowest BCUT2D eigenvalue weighted by Gasteiger charge is -2.06. The molecule has 0 aliphatic heterocycles. The van der Waals surface area contributed by atoms with Gasteiger partial charge in [0.2, 0.25) is 0 Å². The van der Waals surface area contributed by atoms with Gasteiger partial charge in [0.25, 0.3) is 0 Å². The number of nitrogens with zero attached hydrogens (tertiary/aromatic N) is 2. The summed E-state index contributed by atoms with van der Waals surface area (Å²) in [5.41, 5.74) is 0.103. The minimum Gasteiger partial charge on any atom is -0.478 e. The normalized spacial score (nSPS) is 10.8. The Morgan fingerprint density at radius 1 is 1.52 bits per heavy atom. The lowest BCUT2D eigenvalue weighted by Crippen LogP contribution is -2.17. The topological polar surface area (TPSA) is 88.0 Å². The summed E-state index contributed by atoms with van der Waals surface area (Å²) in [5, 5.41) is 15.8. The van der Waals surface area contributed by atoms with Crippen LogP contribution in [0.2, 0.25) is 0 Å². The van der Waals surface area contributed by atoms with Gasteiger partial charge >= 0.3 is 11.7 Å². The molecule has 1 aromatic carbocycles. The molecular formula is C13H14FN3O3S. The summed E-state index contributed by atoms with van der Waals surface area (Å²) in [7, 11) is 0. The molecule has 0 aliphatic carbocycles. The first-order chi connectivity index (χ1) is 10.0. The predicted octanol–water partition coefficient (Wildman–Crippen LogP) is 2.11. The summed E-state index contributed by atoms with van der Waals surface area (Å²) in [4.78, 5) is 22.7. The Balaban J connectivity index is 2.21. The molecule has 2 aromatic rings. The number of hydrogen-bond acceptors (Lipinski definition) is 4. The molecule has 112 valence electrons. The van der Waals surface area contributed by atoms with Gasteiger partial charge in [-0.25, -0.2) is 19.1 Å². The van der Waals surface area contributed by atoms with Crippen LogP contribution in [0.1, 0.15) is 29.3 Å². The van der Waals surface area contributed by atoms with Crippen molar-refractivity contribution in [1.29, 1.82) is 0 Å². The van der Waals surface area contributed by atoms with Gasteiger partial charge < -0.3 is 5.11 Å². The van der Waals surface area contributed by atoms with E-state index in [9.17, 15) is 14.0 Å². The van der Waals surface area contributed by atoms with E-state index in [0.29, 0.717) is 17.3 Å². The Morgan fingerprint density at radius 2 is 2.29 bits per heavy atom. The molecule has 0 spiro atoms. The Bertz CT molecular complexity index is 711. The highest BCUT2D eigenvalue weighted by molar-refractivity contribution is 7.98. The molecule has 8 heteroatoms. The molecule has 0 fully saturated rings. The van der Waals surface area contributed by atoms with E-state index in [4.69, 9.17) is 5.11 Å². The first-order valence-electron chi connectivity index (χ1n) is 6.32. The molecule has 21 heavy (non-hydrogen) atoms. The van der Waals surface area contributed by atoms with Gasteiger partial charge in [0, 0.05) is 12.3 Å². The number of rotatable bonds is 6. The molecule has 1 heterocycles. The number of carbonyl (C=O) groups is 1. The zero-order valence-electron chi connectivity index (χ0n) is 11.3. The molecule has 0 bridgehead atoms. The van der Waals surface area contributed by atoms with Crippen molar-refractivity contribution in [3.05, 3.63) is 45.6 Å². The highest BCUT2D eigenvalue weighted by Gasteiger charge is 2.14. The molecule has 0 unspecified atom stereocenters. The number of halogens is 1. The SMILES string of the molecule is CCCn1c(SCc2ccc(F)cc2C(=O)O)n[nH]c1=O. The highest BCUT2D eigenvalue weighted by Crippen LogP contribution is 2.23. The lowest BCUT2D eigenvalue weighted by molar-refractivity contribution is 0.0695. The monoisotopic (exact) mass is 311 g/mol. The fraction of sp³-hybridized carbons (Fsp3) is 0.308. The quantitative estimate of drug-likeness (QED) is 0.798. The second-order valence-electron chi connectivity index (χ2n) is 4.36. The number of benzene rings is 1. The lowest BCUT2D eigenvalue weighted by atomic mass is 10.1. The van der Waals surface area contributed by atoms with Crippen LogP contribution in [0, 0.1) is 5.82 Å². The molecule has 2 N–H and O–H groups in total. The zero-order chi connectivity index (χ0) is 15.4. The molecule has 0 saturated heterocycles. The van der Waals surface area contributed by atoms with Crippen LogP contribution in [0.25, 0.3) is 0 Å². The Morgan fingerprint density at radius 3 is 2.95 bits per heavy atom. The van der Waals surface area contributed by atoms with Crippen molar-refractivity contribution >= 4 is 17.7 Å². The van der Waals surface area contributed by atoms with Gasteiger partial charge in [0.15, 0.2) is 5.16 Å². The van der Waals surface area contributed by atoms with Crippen molar-refractivity contribution in [2.24, 2.45) is 0 Å². The van der Waals surface area contributed by atoms with Crippen LogP contribution >= 0.6 is 11.8 Å². The number of H-pyrrole nitrogens is 1. The third kappa shape index (κ3) is 3.52. The van der Waals surface area contributed by atoms with Crippen molar-refractivity contribution in [3.8, 4) is 0 Å². The maximum atomic E-state index is 13.1. The van der Waals surface area contributed by atoms with Crippen LogP contribution in [-0.4, -0.2) is 25.8 Å².